The number of hydrogen-bond acceptors (Lipinski definition) is 4. The molecule has 0 aromatic heterocycles. The summed E-state index contributed by atoms with van der Waals surface area (Å²) in [6, 6.07) is 8.29. The van der Waals surface area contributed by atoms with E-state index >= 15 is 0 Å². The van der Waals surface area contributed by atoms with Crippen LogP contribution in [0.5, 0.6) is 5.75 Å². The fraction of sp³-hybridized carbons (Fsp3) is 0.600. The van der Waals surface area contributed by atoms with Crippen molar-refractivity contribution < 1.29 is 9.53 Å². The number of methoxy groups -OCH3 is 1. The summed E-state index contributed by atoms with van der Waals surface area (Å²) in [5.74, 6) is 1.02. The Morgan fingerprint density at radius 3 is 2.56 bits per heavy atom. The van der Waals surface area contributed by atoms with E-state index in [1.807, 2.05) is 28.0 Å². The van der Waals surface area contributed by atoms with E-state index < -0.39 is 0 Å². The molecule has 1 atom stereocenters. The van der Waals surface area contributed by atoms with Gasteiger partial charge in [0.1, 0.15) is 5.75 Å². The van der Waals surface area contributed by atoms with E-state index in [4.69, 9.17) is 17.0 Å². The maximum atomic E-state index is 12.8. The van der Waals surface area contributed by atoms with E-state index in [-0.39, 0.29) is 17.5 Å². The van der Waals surface area contributed by atoms with Crippen molar-refractivity contribution in [2.24, 2.45) is 0 Å². The lowest BCUT2D eigenvalue weighted by atomic mass is 9.93. The van der Waals surface area contributed by atoms with Gasteiger partial charge in [-0.2, -0.15) is 0 Å². The number of carbonyl (C=O) groups is 1. The molecule has 2 saturated heterocycles. The Morgan fingerprint density at radius 2 is 1.93 bits per heavy atom. The summed E-state index contributed by atoms with van der Waals surface area (Å²) in [7, 11) is 1.69. The van der Waals surface area contributed by atoms with Crippen LogP contribution >= 0.6 is 12.2 Å². The quantitative estimate of drug-likeness (QED) is 0.795. The minimum atomic E-state index is -0.0174. The van der Waals surface area contributed by atoms with E-state index in [9.17, 15) is 4.79 Å². The van der Waals surface area contributed by atoms with Gasteiger partial charge in [0.2, 0.25) is 5.91 Å². The first-order valence-electron chi connectivity index (χ1n) is 9.55. The summed E-state index contributed by atoms with van der Waals surface area (Å²) in [6.07, 6.45) is 0.960. The van der Waals surface area contributed by atoms with Crippen molar-refractivity contribution in [3.63, 3.8) is 0 Å². The second kappa shape index (κ2) is 7.92. The number of piperazine rings is 1. The number of para-hydroxylation sites is 2. The average molecular weight is 391 g/mol. The topological polar surface area (TPSA) is 48.1 Å². The first kappa shape index (κ1) is 19.7. The average Bonchev–Trinajstić information content (AvgIpc) is 2.64. The van der Waals surface area contributed by atoms with Crippen LogP contribution in [0.1, 0.15) is 27.2 Å². The number of rotatable bonds is 4. The fourth-order valence-corrected chi connectivity index (χ4v) is 4.54. The van der Waals surface area contributed by atoms with Gasteiger partial charge in [-0.25, -0.2) is 0 Å². The standard InChI is InChI=1S/C20H30N4O2S/c1-15-13-20(2,3)21-19(27)24(15)14-18(25)23-11-9-22(10-12-23)16-7-5-6-8-17(16)26-4/h5-8,15H,9-14H2,1-4H3,(H,21,27). The van der Waals surface area contributed by atoms with Gasteiger partial charge in [-0.15, -0.1) is 0 Å². The molecule has 148 valence electrons. The van der Waals surface area contributed by atoms with Gasteiger partial charge in [-0.3, -0.25) is 4.79 Å². The van der Waals surface area contributed by atoms with Gasteiger partial charge < -0.3 is 24.8 Å². The van der Waals surface area contributed by atoms with Gasteiger partial charge in [-0.1, -0.05) is 12.1 Å². The van der Waals surface area contributed by atoms with Gasteiger partial charge in [0, 0.05) is 37.8 Å². The van der Waals surface area contributed by atoms with Crippen LogP contribution in [-0.2, 0) is 4.79 Å². The molecule has 1 amide bonds. The third kappa shape index (κ3) is 4.46. The van der Waals surface area contributed by atoms with Gasteiger partial charge >= 0.3 is 0 Å². The van der Waals surface area contributed by atoms with Crippen LogP contribution in [-0.4, -0.2) is 72.2 Å². The molecule has 1 aromatic carbocycles. The molecule has 6 nitrogen and oxygen atoms in total. The lowest BCUT2D eigenvalue weighted by Gasteiger charge is -2.45. The highest BCUT2D eigenvalue weighted by Gasteiger charge is 2.35. The molecule has 2 fully saturated rings. The third-order valence-corrected chi connectivity index (χ3v) is 5.74. The highest BCUT2D eigenvalue weighted by atomic mass is 32.1. The SMILES string of the molecule is COc1ccccc1N1CCN(C(=O)CN2C(=S)NC(C)(C)CC2C)CC1. The lowest BCUT2D eigenvalue weighted by molar-refractivity contribution is -0.132. The van der Waals surface area contributed by atoms with Gasteiger partial charge in [-0.05, 0) is 51.5 Å². The predicted molar refractivity (Wildman–Crippen MR) is 112 cm³/mol. The minimum Gasteiger partial charge on any atom is -0.495 e. The number of ether oxygens (including phenoxy) is 1. The summed E-state index contributed by atoms with van der Waals surface area (Å²) < 4.78 is 5.46. The molecule has 3 rings (SSSR count). The van der Waals surface area contributed by atoms with Crippen molar-refractivity contribution in [1.82, 2.24) is 15.1 Å². The van der Waals surface area contributed by atoms with Crippen molar-refractivity contribution in [3.05, 3.63) is 24.3 Å². The predicted octanol–water partition coefficient (Wildman–Crippen LogP) is 2.09. The van der Waals surface area contributed by atoms with Crippen LogP contribution in [0.15, 0.2) is 24.3 Å². The minimum absolute atomic E-state index is 0.0174. The van der Waals surface area contributed by atoms with Crippen molar-refractivity contribution in [2.45, 2.75) is 38.8 Å². The van der Waals surface area contributed by atoms with E-state index in [1.165, 1.54) is 0 Å². The molecule has 2 heterocycles. The number of hydrogen-bond donors (Lipinski definition) is 1. The maximum Gasteiger partial charge on any atom is 0.242 e. The first-order valence-corrected chi connectivity index (χ1v) is 9.96. The number of anilines is 1. The highest BCUT2D eigenvalue weighted by molar-refractivity contribution is 7.80. The zero-order valence-corrected chi connectivity index (χ0v) is 17.5. The molecule has 1 N–H and O–H groups in total. The van der Waals surface area contributed by atoms with E-state index in [0.29, 0.717) is 24.7 Å². The summed E-state index contributed by atoms with van der Waals surface area (Å²) in [4.78, 5) is 19.1. The first-order chi connectivity index (χ1) is 12.8. The van der Waals surface area contributed by atoms with Crippen molar-refractivity contribution in [1.29, 1.82) is 0 Å². The molecule has 1 unspecified atom stereocenters. The fourth-order valence-electron chi connectivity index (χ4n) is 4.02. The van der Waals surface area contributed by atoms with Gasteiger partial charge in [0.15, 0.2) is 5.11 Å². The normalized spacial score (nSPS) is 22.4. The molecular formula is C20H30N4O2S. The Hall–Kier alpha value is -2.02. The second-order valence-corrected chi connectivity index (χ2v) is 8.42. The smallest absolute Gasteiger partial charge is 0.242 e. The van der Waals surface area contributed by atoms with E-state index in [0.717, 1.165) is 30.9 Å². The number of nitrogens with one attached hydrogen (secondary N) is 1. The number of nitrogens with zero attached hydrogens (tertiary/aromatic N) is 3. The number of amides is 1. The molecule has 0 saturated carbocycles. The van der Waals surface area contributed by atoms with Crippen LogP contribution < -0.4 is 15.0 Å². The largest absolute Gasteiger partial charge is 0.495 e. The van der Waals surface area contributed by atoms with Crippen molar-refractivity contribution in [2.75, 3.05) is 44.7 Å². The molecular weight excluding hydrogens is 360 g/mol. The zero-order valence-electron chi connectivity index (χ0n) is 16.7. The molecule has 7 heteroatoms. The molecule has 2 aliphatic heterocycles. The Balaban J connectivity index is 1.57. The monoisotopic (exact) mass is 390 g/mol. The Kier molecular flexibility index (Phi) is 5.79. The number of benzene rings is 1. The Labute approximate surface area is 167 Å². The molecule has 1 aromatic rings. The second-order valence-electron chi connectivity index (χ2n) is 8.03. The summed E-state index contributed by atoms with van der Waals surface area (Å²) in [5, 5.41) is 4.03. The van der Waals surface area contributed by atoms with Crippen LogP contribution in [0.25, 0.3) is 0 Å². The van der Waals surface area contributed by atoms with Crippen molar-refractivity contribution >= 4 is 28.9 Å². The highest BCUT2D eigenvalue weighted by Crippen LogP contribution is 2.28. The van der Waals surface area contributed by atoms with Gasteiger partial charge in [0.05, 0.1) is 19.3 Å². The van der Waals surface area contributed by atoms with Gasteiger partial charge in [0.25, 0.3) is 0 Å². The number of thiocarbonyl (C=S) groups is 1. The Morgan fingerprint density at radius 1 is 1.26 bits per heavy atom. The molecule has 27 heavy (non-hydrogen) atoms. The van der Waals surface area contributed by atoms with Crippen LogP contribution in [0.2, 0.25) is 0 Å². The van der Waals surface area contributed by atoms with E-state index in [1.54, 1.807) is 7.11 Å². The molecule has 0 radical (unpaired) electrons. The summed E-state index contributed by atoms with van der Waals surface area (Å²) in [6.45, 7) is 9.81. The van der Waals surface area contributed by atoms with E-state index in [2.05, 4.69) is 37.1 Å². The molecule has 0 spiro atoms. The van der Waals surface area contributed by atoms with Crippen LogP contribution in [0, 0.1) is 0 Å². The van der Waals surface area contributed by atoms with Crippen molar-refractivity contribution in [3.8, 4) is 5.75 Å². The van der Waals surface area contributed by atoms with Crippen LogP contribution in [0.3, 0.4) is 0 Å². The number of carbonyl (C=O) groups excluding carboxylic acids is 1. The third-order valence-electron chi connectivity index (χ3n) is 5.41. The molecule has 0 aliphatic carbocycles. The summed E-state index contributed by atoms with van der Waals surface area (Å²) in [5.41, 5.74) is 1.07. The maximum absolute atomic E-state index is 12.8. The molecule has 2 aliphatic rings. The van der Waals surface area contributed by atoms with Crippen LogP contribution in [0.4, 0.5) is 5.69 Å². The molecule has 0 bridgehead atoms. The summed E-state index contributed by atoms with van der Waals surface area (Å²) >= 11 is 5.51. The Bertz CT molecular complexity index is 701. The zero-order chi connectivity index (χ0) is 19.6. The lowest BCUT2D eigenvalue weighted by Crippen LogP contribution is -2.62.